The molecule has 1 atom stereocenters. The molecule has 3 aromatic rings. The molecule has 1 unspecified atom stereocenters. The maximum absolute atomic E-state index is 13.4. The molecular weight excluding hydrogens is 424 g/mol. The zero-order valence-corrected chi connectivity index (χ0v) is 18.4. The van der Waals surface area contributed by atoms with Gasteiger partial charge in [-0.15, -0.1) is 0 Å². The highest BCUT2D eigenvalue weighted by molar-refractivity contribution is 8.14. The Morgan fingerprint density at radius 2 is 1.28 bits per heavy atom. The minimum absolute atomic E-state index is 0.127. The van der Waals surface area contributed by atoms with Crippen LogP contribution in [0.1, 0.15) is 17.3 Å². The topological polar surface area (TPSA) is 77.9 Å². The van der Waals surface area contributed by atoms with E-state index in [1.54, 1.807) is 36.2 Å². The molecule has 0 fully saturated rings. The molecule has 6 nitrogen and oxygen atoms in total. The van der Waals surface area contributed by atoms with Gasteiger partial charge < -0.3 is 5.11 Å². The highest BCUT2D eigenvalue weighted by atomic mass is 32.2. The number of aliphatic carboxylic acids is 1. The van der Waals surface area contributed by atoms with Gasteiger partial charge in [0, 0.05) is 17.2 Å². The summed E-state index contributed by atoms with van der Waals surface area (Å²) in [6.07, 6.45) is 0. The van der Waals surface area contributed by atoms with Crippen LogP contribution in [0, 0.1) is 5.92 Å². The van der Waals surface area contributed by atoms with Crippen LogP contribution < -0.4 is 5.01 Å². The average molecular weight is 449 g/mol. The van der Waals surface area contributed by atoms with Gasteiger partial charge in [0.15, 0.2) is 0 Å². The van der Waals surface area contributed by atoms with Crippen molar-refractivity contribution in [2.24, 2.45) is 5.92 Å². The summed E-state index contributed by atoms with van der Waals surface area (Å²) >= 11 is 1.05. The first-order chi connectivity index (χ1) is 15.5. The quantitative estimate of drug-likeness (QED) is 0.471. The van der Waals surface area contributed by atoms with Gasteiger partial charge in [-0.25, -0.2) is 5.01 Å². The lowest BCUT2D eigenvalue weighted by molar-refractivity contribution is -0.145. The molecule has 3 aromatic carbocycles. The van der Waals surface area contributed by atoms with Crippen LogP contribution in [0.3, 0.4) is 0 Å². The number of carboxylic acid groups (broad SMARTS) is 1. The number of nitrogens with zero attached hydrogens (tertiary/aromatic N) is 2. The van der Waals surface area contributed by atoms with Crippen LogP contribution in [0.15, 0.2) is 91.0 Å². The predicted octanol–water partition coefficient (Wildman–Crippen LogP) is 4.86. The van der Waals surface area contributed by atoms with Crippen LogP contribution in [-0.2, 0) is 9.59 Å². The molecule has 0 radical (unpaired) electrons. The summed E-state index contributed by atoms with van der Waals surface area (Å²) in [4.78, 5) is 37.5. The van der Waals surface area contributed by atoms with Crippen LogP contribution >= 0.6 is 11.8 Å². The molecule has 0 saturated heterocycles. The summed E-state index contributed by atoms with van der Waals surface area (Å²) in [6, 6.07) is 27.1. The van der Waals surface area contributed by atoms with E-state index in [0.29, 0.717) is 16.9 Å². The number of thioether (sulfide) groups is 1. The fourth-order valence-corrected chi connectivity index (χ4v) is 3.97. The molecule has 164 valence electrons. The van der Waals surface area contributed by atoms with E-state index in [1.807, 2.05) is 66.7 Å². The van der Waals surface area contributed by atoms with Crippen molar-refractivity contribution >= 4 is 40.1 Å². The zero-order chi connectivity index (χ0) is 22.9. The highest BCUT2D eigenvalue weighted by Gasteiger charge is 2.30. The monoisotopic (exact) mass is 448 g/mol. The molecule has 1 N–H and O–H groups in total. The van der Waals surface area contributed by atoms with Gasteiger partial charge in [0.25, 0.3) is 0 Å². The number of amides is 1. The lowest BCUT2D eigenvalue weighted by Crippen LogP contribution is -2.49. The van der Waals surface area contributed by atoms with E-state index in [9.17, 15) is 19.5 Å². The first-order valence-electron chi connectivity index (χ1n) is 10.1. The SMILES string of the molecule is CC(CSC(=O)c1ccccc1)C(=O)N(CC(=O)O)N(c1ccccc1)c1ccccc1. The van der Waals surface area contributed by atoms with Crippen LogP contribution in [0.4, 0.5) is 11.4 Å². The van der Waals surface area contributed by atoms with Crippen LogP contribution in [0.2, 0.25) is 0 Å². The zero-order valence-electron chi connectivity index (χ0n) is 17.6. The molecule has 0 aliphatic carbocycles. The molecule has 0 spiro atoms. The first-order valence-corrected chi connectivity index (χ1v) is 11.1. The second-order valence-corrected chi connectivity index (χ2v) is 8.13. The molecule has 0 aliphatic rings. The van der Waals surface area contributed by atoms with Crippen LogP contribution in [0.25, 0.3) is 0 Å². The molecular formula is C25H24N2O4S. The summed E-state index contributed by atoms with van der Waals surface area (Å²) in [5.74, 6) is -1.86. The Morgan fingerprint density at radius 1 is 0.812 bits per heavy atom. The van der Waals surface area contributed by atoms with E-state index in [-0.39, 0.29) is 16.8 Å². The van der Waals surface area contributed by atoms with E-state index < -0.39 is 18.4 Å². The van der Waals surface area contributed by atoms with Gasteiger partial charge in [-0.05, 0) is 24.3 Å². The Labute approximate surface area is 191 Å². The normalized spacial score (nSPS) is 11.4. The number of para-hydroxylation sites is 2. The van der Waals surface area contributed by atoms with E-state index in [0.717, 1.165) is 11.8 Å². The molecule has 0 aromatic heterocycles. The fraction of sp³-hybridized carbons (Fsp3) is 0.160. The third kappa shape index (κ3) is 5.98. The number of hydrogen-bond donors (Lipinski definition) is 1. The smallest absolute Gasteiger partial charge is 0.325 e. The largest absolute Gasteiger partial charge is 0.480 e. The van der Waals surface area contributed by atoms with E-state index >= 15 is 0 Å². The predicted molar refractivity (Wildman–Crippen MR) is 127 cm³/mol. The summed E-state index contributed by atoms with van der Waals surface area (Å²) < 4.78 is 0. The van der Waals surface area contributed by atoms with E-state index in [4.69, 9.17) is 0 Å². The lowest BCUT2D eigenvalue weighted by Gasteiger charge is -2.37. The highest BCUT2D eigenvalue weighted by Crippen LogP contribution is 2.29. The van der Waals surface area contributed by atoms with Crippen molar-refractivity contribution in [2.75, 3.05) is 17.3 Å². The molecule has 32 heavy (non-hydrogen) atoms. The second kappa shape index (κ2) is 11.2. The van der Waals surface area contributed by atoms with E-state index in [2.05, 4.69) is 0 Å². The van der Waals surface area contributed by atoms with Crippen molar-refractivity contribution < 1.29 is 19.5 Å². The standard InChI is InChI=1S/C25H24N2O4S/c1-19(18-32-25(31)20-11-5-2-6-12-20)24(30)26(17-23(28)29)27(21-13-7-3-8-14-21)22-15-9-4-10-16-22/h2-16,19H,17-18H2,1H3,(H,28,29). The van der Waals surface area contributed by atoms with Gasteiger partial charge in [0.2, 0.25) is 11.0 Å². The van der Waals surface area contributed by atoms with Gasteiger partial charge in [-0.3, -0.25) is 19.4 Å². The summed E-state index contributed by atoms with van der Waals surface area (Å²) in [7, 11) is 0. The summed E-state index contributed by atoms with van der Waals surface area (Å²) in [5.41, 5.74) is 1.89. The van der Waals surface area contributed by atoms with Crippen molar-refractivity contribution in [3.8, 4) is 0 Å². The fourth-order valence-electron chi connectivity index (χ4n) is 3.13. The Bertz CT molecular complexity index is 1010. The maximum atomic E-state index is 13.4. The number of benzene rings is 3. The second-order valence-electron chi connectivity index (χ2n) is 7.14. The molecule has 3 rings (SSSR count). The van der Waals surface area contributed by atoms with Crippen molar-refractivity contribution in [3.05, 3.63) is 96.6 Å². The molecule has 7 heteroatoms. The van der Waals surface area contributed by atoms with Crippen molar-refractivity contribution in [1.29, 1.82) is 0 Å². The minimum Gasteiger partial charge on any atom is -0.480 e. The summed E-state index contributed by atoms with van der Waals surface area (Å²) in [5, 5.41) is 12.3. The van der Waals surface area contributed by atoms with E-state index in [1.165, 1.54) is 5.01 Å². The lowest BCUT2D eigenvalue weighted by atomic mass is 10.2. The van der Waals surface area contributed by atoms with Gasteiger partial charge in [-0.2, -0.15) is 0 Å². The first kappa shape index (κ1) is 23.1. The molecule has 0 bridgehead atoms. The number of carbonyl (C=O) groups excluding carboxylic acids is 2. The third-order valence-corrected chi connectivity index (χ3v) is 5.84. The Morgan fingerprint density at radius 3 is 1.75 bits per heavy atom. The van der Waals surface area contributed by atoms with Crippen molar-refractivity contribution in [2.45, 2.75) is 6.92 Å². The van der Waals surface area contributed by atoms with Gasteiger partial charge in [0.05, 0.1) is 11.4 Å². The third-order valence-electron chi connectivity index (χ3n) is 4.68. The molecule has 0 aliphatic heterocycles. The van der Waals surface area contributed by atoms with Crippen molar-refractivity contribution in [3.63, 3.8) is 0 Å². The van der Waals surface area contributed by atoms with Crippen molar-refractivity contribution in [1.82, 2.24) is 5.01 Å². The molecule has 0 saturated carbocycles. The van der Waals surface area contributed by atoms with Crippen LogP contribution in [-0.4, -0.2) is 39.4 Å². The number of hydrazine groups is 1. The van der Waals surface area contributed by atoms with Gasteiger partial charge in [-0.1, -0.05) is 85.4 Å². The molecule has 0 heterocycles. The Hall–Kier alpha value is -3.58. The number of carbonyl (C=O) groups is 3. The Kier molecular flexibility index (Phi) is 8.05. The number of rotatable bonds is 9. The number of anilines is 2. The maximum Gasteiger partial charge on any atom is 0.325 e. The van der Waals surface area contributed by atoms with Gasteiger partial charge in [0.1, 0.15) is 6.54 Å². The number of carboxylic acids is 1. The average Bonchev–Trinajstić information content (AvgIpc) is 2.83. The summed E-state index contributed by atoms with van der Waals surface area (Å²) in [6.45, 7) is 1.20. The van der Waals surface area contributed by atoms with Gasteiger partial charge >= 0.3 is 5.97 Å². The number of hydrogen-bond acceptors (Lipinski definition) is 5. The minimum atomic E-state index is -1.13. The van der Waals surface area contributed by atoms with Crippen LogP contribution in [0.5, 0.6) is 0 Å². The Balaban J connectivity index is 1.85. The molecule has 1 amide bonds.